The summed E-state index contributed by atoms with van der Waals surface area (Å²) in [5.74, 6) is 5.62. The second kappa shape index (κ2) is 13.4. The average molecular weight is 431 g/mol. The van der Waals surface area contributed by atoms with E-state index in [1.807, 2.05) is 0 Å². The fourth-order valence-electron chi connectivity index (χ4n) is 4.89. The minimum absolute atomic E-state index is 0.745. The lowest BCUT2D eigenvalue weighted by atomic mass is 10.1. The van der Waals surface area contributed by atoms with Crippen molar-refractivity contribution in [2.75, 3.05) is 40.3 Å². The smallest absolute Gasteiger partial charge is 0.110 e. The molecule has 0 N–H and O–H groups in total. The van der Waals surface area contributed by atoms with E-state index >= 15 is 0 Å². The van der Waals surface area contributed by atoms with Crippen LogP contribution in [0.4, 0.5) is 4.20 Å². The second-order valence-corrected chi connectivity index (χ2v) is 9.55. The Hall–Kier alpha value is -0.880. The van der Waals surface area contributed by atoms with E-state index in [1.165, 1.54) is 73.7 Å². The van der Waals surface area contributed by atoms with Gasteiger partial charge in [-0.15, -0.1) is 24.7 Å². The van der Waals surface area contributed by atoms with Gasteiger partial charge >= 0.3 is 0 Å². The average Bonchev–Trinajstić information content (AvgIpc) is 3.12. The SMILES string of the molecule is C#CCC1CCC[N+]1(C)CCC.C#CCC1CCC[N+]1(C)CCC.O=P([O-])([O-])F. The van der Waals surface area contributed by atoms with Gasteiger partial charge in [-0.1, -0.05) is 13.8 Å². The maximum Gasteiger partial charge on any atom is 0.110 e. The Kier molecular flexibility index (Phi) is 13.0. The molecule has 2 fully saturated rings. The molecule has 0 bridgehead atoms. The lowest BCUT2D eigenvalue weighted by Crippen LogP contribution is -2.48. The first-order chi connectivity index (χ1) is 13.5. The molecule has 0 spiro atoms. The topological polar surface area (TPSA) is 63.2 Å². The number of terminal acetylenes is 2. The summed E-state index contributed by atoms with van der Waals surface area (Å²) in [6.07, 6.45) is 20.6. The molecule has 2 aliphatic heterocycles. The van der Waals surface area contributed by atoms with Crippen LogP contribution in [0, 0.1) is 24.7 Å². The number of nitrogens with zero attached hydrogens (tertiary/aromatic N) is 2. The van der Waals surface area contributed by atoms with E-state index in [9.17, 15) is 4.20 Å². The highest BCUT2D eigenvalue weighted by molar-refractivity contribution is 7.42. The normalized spacial score (nSPS) is 30.9. The van der Waals surface area contributed by atoms with Crippen LogP contribution >= 0.6 is 7.91 Å². The molecule has 4 atom stereocenters. The zero-order valence-electron chi connectivity index (χ0n) is 18.7. The first-order valence-corrected chi connectivity index (χ1v) is 12.2. The third-order valence-corrected chi connectivity index (χ3v) is 6.35. The molecule has 0 saturated carbocycles. The first-order valence-electron chi connectivity index (χ1n) is 10.7. The van der Waals surface area contributed by atoms with Gasteiger partial charge in [-0.2, -0.15) is 0 Å². The lowest BCUT2D eigenvalue weighted by molar-refractivity contribution is -0.920. The van der Waals surface area contributed by atoms with Crippen LogP contribution in [-0.4, -0.2) is 61.3 Å². The van der Waals surface area contributed by atoms with Gasteiger partial charge in [0.15, 0.2) is 0 Å². The van der Waals surface area contributed by atoms with Crippen LogP contribution in [0.2, 0.25) is 0 Å². The molecule has 4 unspecified atom stereocenters. The summed E-state index contributed by atoms with van der Waals surface area (Å²) in [6, 6.07) is 1.49. The molecule has 0 radical (unpaired) electrons. The molecule has 29 heavy (non-hydrogen) atoms. The van der Waals surface area contributed by atoms with Gasteiger partial charge in [0.25, 0.3) is 0 Å². The lowest BCUT2D eigenvalue weighted by Gasteiger charge is -2.35. The monoisotopic (exact) mass is 430 g/mol. The number of hydrogen-bond donors (Lipinski definition) is 0. The van der Waals surface area contributed by atoms with Crippen molar-refractivity contribution in [2.45, 2.75) is 77.3 Å². The minimum atomic E-state index is -5.64. The van der Waals surface area contributed by atoms with Crippen molar-refractivity contribution in [2.24, 2.45) is 0 Å². The Morgan fingerprint density at radius 1 is 0.931 bits per heavy atom. The minimum Gasteiger partial charge on any atom is -0.786 e. The third kappa shape index (κ3) is 11.2. The molecule has 0 amide bonds. The van der Waals surface area contributed by atoms with Gasteiger partial charge in [0, 0.05) is 25.7 Å². The molecule has 2 rings (SSSR count). The van der Waals surface area contributed by atoms with Crippen LogP contribution < -0.4 is 9.79 Å². The van der Waals surface area contributed by atoms with E-state index in [1.54, 1.807) is 0 Å². The highest BCUT2D eigenvalue weighted by Crippen LogP contribution is 2.28. The van der Waals surface area contributed by atoms with Crippen molar-refractivity contribution in [3.63, 3.8) is 0 Å². The molecule has 2 heterocycles. The number of likely N-dealkylation sites (tertiary alicyclic amines) is 2. The van der Waals surface area contributed by atoms with Gasteiger partial charge in [-0.05, 0) is 12.8 Å². The first kappa shape index (κ1) is 28.1. The van der Waals surface area contributed by atoms with Gasteiger partial charge in [-0.3, -0.25) is 0 Å². The zero-order valence-corrected chi connectivity index (χ0v) is 19.6. The third-order valence-electron chi connectivity index (χ3n) is 6.35. The summed E-state index contributed by atoms with van der Waals surface area (Å²) in [6.45, 7) is 9.78. The molecular weight excluding hydrogens is 390 g/mol. The quantitative estimate of drug-likeness (QED) is 0.370. The number of halogens is 1. The molecule has 2 aliphatic rings. The van der Waals surface area contributed by atoms with Gasteiger partial charge < -0.3 is 23.3 Å². The van der Waals surface area contributed by atoms with E-state index in [0.717, 1.165) is 24.9 Å². The molecule has 0 aliphatic carbocycles. The molecule has 5 nitrogen and oxygen atoms in total. The van der Waals surface area contributed by atoms with Crippen molar-refractivity contribution in [3.8, 4) is 24.7 Å². The predicted molar refractivity (Wildman–Crippen MR) is 114 cm³/mol. The van der Waals surface area contributed by atoms with E-state index in [4.69, 9.17) is 27.2 Å². The molecule has 7 heteroatoms. The fourth-order valence-corrected chi connectivity index (χ4v) is 4.89. The van der Waals surface area contributed by atoms with Crippen LogP contribution in [0.1, 0.15) is 65.2 Å². The maximum atomic E-state index is 10.1. The van der Waals surface area contributed by atoms with Crippen molar-refractivity contribution >= 4 is 7.91 Å². The molecule has 168 valence electrons. The fraction of sp³-hybridized carbons (Fsp3) is 0.818. The number of quaternary nitrogens is 2. The Labute approximate surface area is 178 Å². The van der Waals surface area contributed by atoms with Crippen LogP contribution in [0.3, 0.4) is 0 Å². The molecule has 0 aromatic rings. The van der Waals surface area contributed by atoms with Crippen molar-refractivity contribution < 1.29 is 27.5 Å². The van der Waals surface area contributed by atoms with Crippen LogP contribution in [0.5, 0.6) is 0 Å². The van der Waals surface area contributed by atoms with E-state index in [-0.39, 0.29) is 0 Å². The van der Waals surface area contributed by atoms with E-state index < -0.39 is 7.91 Å². The Morgan fingerprint density at radius 3 is 1.48 bits per heavy atom. The van der Waals surface area contributed by atoms with Crippen molar-refractivity contribution in [1.82, 2.24) is 0 Å². The summed E-state index contributed by atoms with van der Waals surface area (Å²) in [5.41, 5.74) is 0. The van der Waals surface area contributed by atoms with Gasteiger partial charge in [0.2, 0.25) is 0 Å². The largest absolute Gasteiger partial charge is 0.786 e. The van der Waals surface area contributed by atoms with Crippen LogP contribution in [-0.2, 0) is 4.57 Å². The summed E-state index contributed by atoms with van der Waals surface area (Å²) in [7, 11) is -0.920. The molecule has 0 aromatic heterocycles. The van der Waals surface area contributed by atoms with Crippen molar-refractivity contribution in [3.05, 3.63) is 0 Å². The molecule has 0 aromatic carbocycles. The van der Waals surface area contributed by atoms with Crippen molar-refractivity contribution in [1.29, 1.82) is 0 Å². The summed E-state index contributed by atoms with van der Waals surface area (Å²) >= 11 is 0. The Morgan fingerprint density at radius 2 is 1.24 bits per heavy atom. The Bertz CT molecular complexity index is 548. The van der Waals surface area contributed by atoms with Gasteiger partial charge in [-0.25, -0.2) is 4.20 Å². The second-order valence-electron chi connectivity index (χ2n) is 8.69. The molecular formula is C22H40FN2O3P. The maximum absolute atomic E-state index is 10.1. The summed E-state index contributed by atoms with van der Waals surface area (Å²) < 4.78 is 21.0. The van der Waals surface area contributed by atoms with Gasteiger partial charge in [0.1, 0.15) is 20.0 Å². The van der Waals surface area contributed by atoms with E-state index in [0.29, 0.717) is 0 Å². The number of rotatable bonds is 6. The predicted octanol–water partition coefficient (Wildman–Crippen LogP) is 2.84. The van der Waals surface area contributed by atoms with E-state index in [2.05, 4.69) is 39.8 Å². The van der Waals surface area contributed by atoms with Crippen LogP contribution in [0.25, 0.3) is 0 Å². The standard InChI is InChI=1S/2C11H20N.FH2O3P/c2*1-4-7-11-8-6-10-12(11,3)9-5-2;1-5(2,3)4/h2*1,11H,5-10H2,2-3H3;(H2,2,3,4)/q2*+1;/p-2. The highest BCUT2D eigenvalue weighted by Gasteiger charge is 2.36. The summed E-state index contributed by atoms with van der Waals surface area (Å²) in [5, 5.41) is 0. The zero-order chi connectivity index (χ0) is 22.6. The van der Waals surface area contributed by atoms with Crippen LogP contribution in [0.15, 0.2) is 0 Å². The Balaban J connectivity index is 0.000000442. The number of hydrogen-bond acceptors (Lipinski definition) is 3. The van der Waals surface area contributed by atoms with Gasteiger partial charge in [0.05, 0.1) is 53.1 Å². The summed E-state index contributed by atoms with van der Waals surface area (Å²) in [4.78, 5) is 16.9. The molecule has 2 saturated heterocycles. The highest BCUT2D eigenvalue weighted by atomic mass is 31.2.